The predicted octanol–water partition coefficient (Wildman–Crippen LogP) is 1.87. The minimum Gasteiger partial charge on any atom is -0.468 e. The van der Waals surface area contributed by atoms with Gasteiger partial charge in [0.05, 0.1) is 25.0 Å². The largest absolute Gasteiger partial charge is 0.468 e. The second kappa shape index (κ2) is 6.92. The molecule has 2 heterocycles. The van der Waals surface area contributed by atoms with Gasteiger partial charge in [-0.05, 0) is 38.6 Å². The highest BCUT2D eigenvalue weighted by molar-refractivity contribution is 4.98. The minimum absolute atomic E-state index is 0.373. The smallest absolute Gasteiger partial charge is 0.117 e. The molecule has 0 spiro atoms. The Bertz CT molecular complexity index is 327. The molecule has 1 aromatic heterocycles. The van der Waals surface area contributed by atoms with Crippen LogP contribution in [-0.4, -0.2) is 43.8 Å². The zero-order chi connectivity index (χ0) is 12.8. The van der Waals surface area contributed by atoms with Gasteiger partial charge in [-0.2, -0.15) is 0 Å². The van der Waals surface area contributed by atoms with E-state index >= 15 is 0 Å². The summed E-state index contributed by atoms with van der Waals surface area (Å²) in [6.45, 7) is 6.04. The van der Waals surface area contributed by atoms with E-state index in [4.69, 9.17) is 9.15 Å². The van der Waals surface area contributed by atoms with E-state index in [1.165, 1.54) is 12.8 Å². The number of hydrogen-bond acceptors (Lipinski definition) is 4. The molecule has 1 N–H and O–H groups in total. The van der Waals surface area contributed by atoms with Crippen LogP contribution in [0, 0.1) is 0 Å². The summed E-state index contributed by atoms with van der Waals surface area (Å²) in [6, 6.07) is 3.97. The lowest BCUT2D eigenvalue weighted by atomic mass is 10.2. The van der Waals surface area contributed by atoms with Crippen LogP contribution in [0.2, 0.25) is 0 Å². The van der Waals surface area contributed by atoms with Crippen molar-refractivity contribution in [1.29, 1.82) is 0 Å². The van der Waals surface area contributed by atoms with Gasteiger partial charge >= 0.3 is 0 Å². The molecule has 0 amide bonds. The van der Waals surface area contributed by atoms with Crippen molar-refractivity contribution in [2.24, 2.45) is 0 Å². The SMILES string of the molecule is CCN(Cc1ccco1)CC1CCC(CNC)O1. The Hall–Kier alpha value is -0.840. The topological polar surface area (TPSA) is 37.6 Å². The fraction of sp³-hybridized carbons (Fsp3) is 0.714. The minimum atomic E-state index is 0.373. The van der Waals surface area contributed by atoms with E-state index in [1.54, 1.807) is 6.26 Å². The standard InChI is InChI=1S/C14H24N2O2/c1-3-16(10-13-5-4-8-17-13)11-14-7-6-12(18-14)9-15-2/h4-5,8,12,14-15H,3,6-7,9-11H2,1-2H3. The van der Waals surface area contributed by atoms with E-state index in [1.807, 2.05) is 19.2 Å². The van der Waals surface area contributed by atoms with Gasteiger partial charge in [-0.25, -0.2) is 0 Å². The molecule has 4 heteroatoms. The third-order valence-electron chi connectivity index (χ3n) is 3.50. The van der Waals surface area contributed by atoms with Crippen molar-refractivity contribution >= 4 is 0 Å². The van der Waals surface area contributed by atoms with Crippen LogP contribution in [0.25, 0.3) is 0 Å². The quantitative estimate of drug-likeness (QED) is 0.804. The molecule has 0 aliphatic carbocycles. The lowest BCUT2D eigenvalue weighted by Gasteiger charge is -2.23. The highest BCUT2D eigenvalue weighted by Gasteiger charge is 2.26. The first-order valence-corrected chi connectivity index (χ1v) is 6.86. The highest BCUT2D eigenvalue weighted by Crippen LogP contribution is 2.20. The molecule has 2 rings (SSSR count). The maximum absolute atomic E-state index is 6.02. The van der Waals surface area contributed by atoms with Gasteiger partial charge < -0.3 is 14.5 Å². The van der Waals surface area contributed by atoms with Crippen molar-refractivity contribution in [3.05, 3.63) is 24.2 Å². The zero-order valence-corrected chi connectivity index (χ0v) is 11.4. The Morgan fingerprint density at radius 3 is 2.89 bits per heavy atom. The van der Waals surface area contributed by atoms with Crippen LogP contribution < -0.4 is 5.32 Å². The molecule has 1 fully saturated rings. The Morgan fingerprint density at radius 2 is 2.22 bits per heavy atom. The van der Waals surface area contributed by atoms with Crippen LogP contribution in [-0.2, 0) is 11.3 Å². The molecular formula is C14H24N2O2. The van der Waals surface area contributed by atoms with Crippen molar-refractivity contribution in [1.82, 2.24) is 10.2 Å². The summed E-state index contributed by atoms with van der Waals surface area (Å²) in [7, 11) is 1.98. The zero-order valence-electron chi connectivity index (χ0n) is 11.4. The van der Waals surface area contributed by atoms with Gasteiger partial charge in [-0.1, -0.05) is 6.92 Å². The van der Waals surface area contributed by atoms with E-state index in [2.05, 4.69) is 17.1 Å². The fourth-order valence-electron chi connectivity index (χ4n) is 2.51. The monoisotopic (exact) mass is 252 g/mol. The maximum Gasteiger partial charge on any atom is 0.117 e. The second-order valence-corrected chi connectivity index (χ2v) is 4.92. The third-order valence-corrected chi connectivity index (χ3v) is 3.50. The maximum atomic E-state index is 6.02. The van der Waals surface area contributed by atoms with Gasteiger partial charge in [0.25, 0.3) is 0 Å². The lowest BCUT2D eigenvalue weighted by Crippen LogP contribution is -2.33. The third kappa shape index (κ3) is 3.83. The fourth-order valence-corrected chi connectivity index (χ4v) is 2.51. The van der Waals surface area contributed by atoms with Gasteiger partial charge in [0, 0.05) is 13.1 Å². The summed E-state index contributed by atoms with van der Waals surface area (Å²) in [5.74, 6) is 1.03. The van der Waals surface area contributed by atoms with Crippen molar-refractivity contribution in [3.8, 4) is 0 Å². The highest BCUT2D eigenvalue weighted by atomic mass is 16.5. The summed E-state index contributed by atoms with van der Waals surface area (Å²) in [5.41, 5.74) is 0. The first-order valence-electron chi connectivity index (χ1n) is 6.86. The molecule has 1 saturated heterocycles. The predicted molar refractivity (Wildman–Crippen MR) is 71.5 cm³/mol. The number of hydrogen-bond donors (Lipinski definition) is 1. The average molecular weight is 252 g/mol. The summed E-state index contributed by atoms with van der Waals surface area (Å²) in [6.07, 6.45) is 4.84. The molecule has 18 heavy (non-hydrogen) atoms. The van der Waals surface area contributed by atoms with Crippen LogP contribution in [0.5, 0.6) is 0 Å². The van der Waals surface area contributed by atoms with Crippen LogP contribution in [0.4, 0.5) is 0 Å². The molecule has 2 atom stereocenters. The van der Waals surface area contributed by atoms with E-state index < -0.39 is 0 Å². The summed E-state index contributed by atoms with van der Waals surface area (Å²) >= 11 is 0. The molecule has 1 aliphatic rings. The van der Waals surface area contributed by atoms with Gasteiger partial charge in [0.15, 0.2) is 0 Å². The number of ether oxygens (including phenoxy) is 1. The van der Waals surface area contributed by atoms with E-state index in [0.29, 0.717) is 12.2 Å². The van der Waals surface area contributed by atoms with E-state index in [9.17, 15) is 0 Å². The molecule has 1 aliphatic heterocycles. The van der Waals surface area contributed by atoms with Crippen LogP contribution in [0.1, 0.15) is 25.5 Å². The van der Waals surface area contributed by atoms with E-state index in [0.717, 1.165) is 31.9 Å². The molecule has 1 aromatic rings. The number of likely N-dealkylation sites (N-methyl/N-ethyl adjacent to an activating group) is 2. The van der Waals surface area contributed by atoms with Crippen LogP contribution in [0.3, 0.4) is 0 Å². The van der Waals surface area contributed by atoms with Gasteiger partial charge in [0.1, 0.15) is 5.76 Å². The average Bonchev–Trinajstić information content (AvgIpc) is 3.01. The second-order valence-electron chi connectivity index (χ2n) is 4.92. The van der Waals surface area contributed by atoms with Crippen molar-refractivity contribution in [2.75, 3.05) is 26.7 Å². The first kappa shape index (κ1) is 13.6. The normalized spacial score (nSPS) is 23.9. The number of rotatable bonds is 7. The number of nitrogens with zero attached hydrogens (tertiary/aromatic N) is 1. The van der Waals surface area contributed by atoms with Gasteiger partial charge in [0.2, 0.25) is 0 Å². The molecule has 4 nitrogen and oxygen atoms in total. The molecule has 2 unspecified atom stereocenters. The van der Waals surface area contributed by atoms with Crippen molar-refractivity contribution in [3.63, 3.8) is 0 Å². The Kier molecular flexibility index (Phi) is 5.23. The van der Waals surface area contributed by atoms with Crippen molar-refractivity contribution in [2.45, 2.75) is 38.5 Å². The Morgan fingerprint density at radius 1 is 1.39 bits per heavy atom. The first-order chi connectivity index (χ1) is 8.81. The summed E-state index contributed by atoms with van der Waals surface area (Å²) in [4.78, 5) is 2.38. The Labute approximate surface area is 109 Å². The van der Waals surface area contributed by atoms with Crippen LogP contribution in [0.15, 0.2) is 22.8 Å². The summed E-state index contributed by atoms with van der Waals surface area (Å²) < 4.78 is 11.4. The van der Waals surface area contributed by atoms with Crippen LogP contribution >= 0.6 is 0 Å². The molecule has 102 valence electrons. The number of furan rings is 1. The molecule has 0 bridgehead atoms. The molecular weight excluding hydrogens is 228 g/mol. The lowest BCUT2D eigenvalue weighted by molar-refractivity contribution is 0.0225. The van der Waals surface area contributed by atoms with Crippen molar-refractivity contribution < 1.29 is 9.15 Å². The van der Waals surface area contributed by atoms with Gasteiger partial charge in [-0.15, -0.1) is 0 Å². The van der Waals surface area contributed by atoms with Gasteiger partial charge in [-0.3, -0.25) is 4.90 Å². The number of nitrogens with one attached hydrogen (secondary N) is 1. The Balaban J connectivity index is 1.77. The molecule has 0 saturated carbocycles. The molecule has 0 radical (unpaired) electrons. The summed E-state index contributed by atoms with van der Waals surface area (Å²) in [5, 5.41) is 3.18. The van der Waals surface area contributed by atoms with E-state index in [-0.39, 0.29) is 0 Å². The molecule has 0 aromatic carbocycles.